The third-order valence-corrected chi connectivity index (χ3v) is 3.35. The molecule has 0 unspecified atom stereocenters. The lowest BCUT2D eigenvalue weighted by Crippen LogP contribution is -2.12. The Morgan fingerprint density at radius 2 is 2.19 bits per heavy atom. The third-order valence-electron chi connectivity index (χ3n) is 3.35. The van der Waals surface area contributed by atoms with Crippen molar-refractivity contribution in [1.82, 2.24) is 15.2 Å². The molecule has 2 heterocycles. The second-order valence-electron chi connectivity index (χ2n) is 4.90. The van der Waals surface area contributed by atoms with E-state index in [0.717, 1.165) is 27.8 Å². The van der Waals surface area contributed by atoms with Gasteiger partial charge in [-0.15, -0.1) is 0 Å². The maximum Gasteiger partial charge on any atom is 0.248 e. The molecule has 0 aliphatic carbocycles. The van der Waals surface area contributed by atoms with Gasteiger partial charge in [0.25, 0.3) is 0 Å². The fraction of sp³-hybridized carbons (Fsp3) is 0.133. The van der Waals surface area contributed by atoms with E-state index in [-0.39, 0.29) is 0 Å². The number of amides is 1. The highest BCUT2D eigenvalue weighted by molar-refractivity contribution is 5.94. The summed E-state index contributed by atoms with van der Waals surface area (Å²) in [6.45, 7) is 2.59. The smallest absolute Gasteiger partial charge is 0.248 e. The monoisotopic (exact) mass is 281 g/mol. The number of carbonyl (C=O) groups excluding carboxylic acids is 1. The fourth-order valence-corrected chi connectivity index (χ4v) is 2.14. The molecule has 3 aromatic rings. The Balaban J connectivity index is 1.80. The van der Waals surface area contributed by atoms with Gasteiger partial charge < -0.3 is 11.1 Å². The highest BCUT2D eigenvalue weighted by atomic mass is 16.1. The maximum absolute atomic E-state index is 11.2. The Labute approximate surface area is 121 Å². The van der Waals surface area contributed by atoms with Crippen LogP contribution in [0.3, 0.4) is 0 Å². The predicted octanol–water partition coefficient (Wildman–Crippen LogP) is 1.98. The molecular weight excluding hydrogens is 266 g/mol. The van der Waals surface area contributed by atoms with E-state index in [1.165, 1.54) is 0 Å². The molecule has 6 nitrogen and oxygen atoms in total. The zero-order chi connectivity index (χ0) is 14.8. The van der Waals surface area contributed by atoms with Crippen LogP contribution in [-0.2, 0) is 6.54 Å². The van der Waals surface area contributed by atoms with Crippen LogP contribution in [0.25, 0.3) is 11.0 Å². The number of nitrogens with zero attached hydrogens (tertiary/aromatic N) is 2. The van der Waals surface area contributed by atoms with Crippen LogP contribution in [0.5, 0.6) is 0 Å². The summed E-state index contributed by atoms with van der Waals surface area (Å²) in [5.74, 6) is -0.431. The second-order valence-corrected chi connectivity index (χ2v) is 4.90. The average Bonchev–Trinajstić information content (AvgIpc) is 2.93. The van der Waals surface area contributed by atoms with Crippen LogP contribution in [0.15, 0.2) is 36.7 Å². The van der Waals surface area contributed by atoms with E-state index in [1.54, 1.807) is 24.5 Å². The number of aryl methyl sites for hydroxylation is 1. The summed E-state index contributed by atoms with van der Waals surface area (Å²) in [6, 6.07) is 7.38. The number of carbonyl (C=O) groups is 1. The number of hydrogen-bond acceptors (Lipinski definition) is 4. The Kier molecular flexibility index (Phi) is 3.27. The molecule has 0 atom stereocenters. The van der Waals surface area contributed by atoms with Crippen molar-refractivity contribution in [1.29, 1.82) is 0 Å². The summed E-state index contributed by atoms with van der Waals surface area (Å²) < 4.78 is 0. The first kappa shape index (κ1) is 13.1. The molecular formula is C15H15N5O. The number of aromatic nitrogens is 3. The van der Waals surface area contributed by atoms with Crippen molar-refractivity contribution in [2.45, 2.75) is 13.5 Å². The minimum atomic E-state index is -0.431. The second kappa shape index (κ2) is 5.24. The van der Waals surface area contributed by atoms with E-state index in [4.69, 9.17) is 5.73 Å². The van der Waals surface area contributed by atoms with E-state index >= 15 is 0 Å². The van der Waals surface area contributed by atoms with E-state index in [9.17, 15) is 4.79 Å². The number of nitrogens with one attached hydrogen (secondary N) is 2. The first-order valence-electron chi connectivity index (χ1n) is 6.56. The lowest BCUT2D eigenvalue weighted by Gasteiger charge is -2.10. The minimum absolute atomic E-state index is 0.431. The average molecular weight is 281 g/mol. The van der Waals surface area contributed by atoms with Gasteiger partial charge in [0, 0.05) is 29.4 Å². The van der Waals surface area contributed by atoms with Crippen LogP contribution in [0.1, 0.15) is 21.5 Å². The Morgan fingerprint density at radius 3 is 3.00 bits per heavy atom. The number of benzene rings is 1. The van der Waals surface area contributed by atoms with Crippen molar-refractivity contribution in [2.24, 2.45) is 5.73 Å². The van der Waals surface area contributed by atoms with Gasteiger partial charge in [-0.1, -0.05) is 6.07 Å². The molecule has 0 fully saturated rings. The van der Waals surface area contributed by atoms with Gasteiger partial charge in [0.2, 0.25) is 5.91 Å². The van der Waals surface area contributed by atoms with E-state index in [2.05, 4.69) is 20.5 Å². The first-order valence-corrected chi connectivity index (χ1v) is 6.56. The van der Waals surface area contributed by atoms with Crippen LogP contribution in [0.4, 0.5) is 5.69 Å². The van der Waals surface area contributed by atoms with Gasteiger partial charge in [0.15, 0.2) is 5.65 Å². The topological polar surface area (TPSA) is 96.7 Å². The lowest BCUT2D eigenvalue weighted by molar-refractivity contribution is 0.100. The normalized spacial score (nSPS) is 10.7. The molecule has 0 bridgehead atoms. The predicted molar refractivity (Wildman–Crippen MR) is 80.9 cm³/mol. The van der Waals surface area contributed by atoms with Crippen molar-refractivity contribution in [3.63, 3.8) is 0 Å². The fourth-order valence-electron chi connectivity index (χ4n) is 2.14. The van der Waals surface area contributed by atoms with Gasteiger partial charge in [0.05, 0.1) is 6.20 Å². The lowest BCUT2D eigenvalue weighted by atomic mass is 10.1. The van der Waals surface area contributed by atoms with Crippen molar-refractivity contribution in [3.8, 4) is 0 Å². The van der Waals surface area contributed by atoms with Crippen molar-refractivity contribution in [3.05, 3.63) is 53.3 Å². The molecule has 0 radical (unpaired) electrons. The maximum atomic E-state index is 11.2. The molecule has 2 aromatic heterocycles. The summed E-state index contributed by atoms with van der Waals surface area (Å²) in [5, 5.41) is 11.0. The van der Waals surface area contributed by atoms with Gasteiger partial charge >= 0.3 is 0 Å². The van der Waals surface area contributed by atoms with Crippen LogP contribution in [-0.4, -0.2) is 21.1 Å². The molecule has 1 amide bonds. The number of H-pyrrole nitrogens is 1. The zero-order valence-electron chi connectivity index (χ0n) is 11.6. The van der Waals surface area contributed by atoms with Crippen LogP contribution < -0.4 is 11.1 Å². The molecule has 0 aliphatic heterocycles. The molecule has 106 valence electrons. The SMILES string of the molecule is Cc1ccc(C(N)=O)cc1NCc1cnc2[nH]ncc2c1. The number of primary amides is 1. The number of fused-ring (bicyclic) bond motifs is 1. The van der Waals surface area contributed by atoms with E-state index in [1.807, 2.05) is 19.1 Å². The number of anilines is 1. The van der Waals surface area contributed by atoms with Gasteiger partial charge in [-0.3, -0.25) is 9.89 Å². The highest BCUT2D eigenvalue weighted by Crippen LogP contribution is 2.18. The van der Waals surface area contributed by atoms with Gasteiger partial charge in [-0.25, -0.2) is 4.98 Å². The number of nitrogens with two attached hydrogens (primary N) is 1. The number of rotatable bonds is 4. The van der Waals surface area contributed by atoms with Gasteiger partial charge in [-0.2, -0.15) is 5.10 Å². The Hall–Kier alpha value is -2.89. The molecule has 6 heteroatoms. The molecule has 4 N–H and O–H groups in total. The van der Waals surface area contributed by atoms with E-state index < -0.39 is 5.91 Å². The molecule has 0 aliphatic rings. The summed E-state index contributed by atoms with van der Waals surface area (Å²) >= 11 is 0. The summed E-state index contributed by atoms with van der Waals surface area (Å²) in [6.07, 6.45) is 3.53. The van der Waals surface area contributed by atoms with Gasteiger partial charge in [0.1, 0.15) is 0 Å². The van der Waals surface area contributed by atoms with Crippen LogP contribution in [0, 0.1) is 6.92 Å². The van der Waals surface area contributed by atoms with Gasteiger partial charge in [-0.05, 0) is 36.2 Å². The Bertz CT molecular complexity index is 809. The van der Waals surface area contributed by atoms with Crippen molar-refractivity contribution >= 4 is 22.6 Å². The molecule has 0 spiro atoms. The highest BCUT2D eigenvalue weighted by Gasteiger charge is 2.05. The third kappa shape index (κ3) is 2.69. The summed E-state index contributed by atoms with van der Waals surface area (Å²) in [7, 11) is 0. The largest absolute Gasteiger partial charge is 0.381 e. The standard InChI is InChI=1S/C15H15N5O/c1-9-2-3-11(14(16)21)5-13(9)17-6-10-4-12-8-19-20-15(12)18-7-10/h2-5,7-8,17H,6H2,1H3,(H2,16,21)(H,18,19,20). The molecule has 21 heavy (non-hydrogen) atoms. The quantitative estimate of drug-likeness (QED) is 0.681. The summed E-state index contributed by atoms with van der Waals surface area (Å²) in [4.78, 5) is 15.5. The van der Waals surface area contributed by atoms with Crippen LogP contribution in [0.2, 0.25) is 0 Å². The number of aromatic amines is 1. The van der Waals surface area contributed by atoms with E-state index in [0.29, 0.717) is 12.1 Å². The van der Waals surface area contributed by atoms with Crippen molar-refractivity contribution in [2.75, 3.05) is 5.32 Å². The molecule has 1 aromatic carbocycles. The number of pyridine rings is 1. The first-order chi connectivity index (χ1) is 10.1. The van der Waals surface area contributed by atoms with Crippen molar-refractivity contribution < 1.29 is 4.79 Å². The number of hydrogen-bond donors (Lipinski definition) is 3. The summed E-state index contributed by atoms with van der Waals surface area (Å²) in [5.41, 5.74) is 9.54. The zero-order valence-corrected chi connectivity index (χ0v) is 11.6. The molecule has 3 rings (SSSR count). The molecule has 0 saturated carbocycles. The minimum Gasteiger partial charge on any atom is -0.381 e. The Morgan fingerprint density at radius 1 is 1.33 bits per heavy atom. The van der Waals surface area contributed by atoms with Crippen LogP contribution >= 0.6 is 0 Å². The molecule has 0 saturated heterocycles.